The smallest absolute Gasteiger partial charge is 0.230 e. The number of aromatic amines is 1. The number of nitrogens with zero attached hydrogens (tertiary/aromatic N) is 1. The van der Waals surface area contributed by atoms with E-state index in [1.807, 2.05) is 24.4 Å². The summed E-state index contributed by atoms with van der Waals surface area (Å²) in [5.41, 5.74) is 4.36. The zero-order valence-corrected chi connectivity index (χ0v) is 14.1. The molecule has 0 aliphatic rings. The van der Waals surface area contributed by atoms with E-state index in [-0.39, 0.29) is 5.91 Å². The Kier molecular flexibility index (Phi) is 4.49. The molecule has 2 aromatic heterocycles. The number of hydrogen-bond acceptors (Lipinski definition) is 4. The highest BCUT2D eigenvalue weighted by Gasteiger charge is 2.08. The predicted octanol–water partition coefficient (Wildman–Crippen LogP) is 3.65. The number of nitrogens with one attached hydrogen (secondary N) is 2. The fourth-order valence-corrected chi connectivity index (χ4v) is 3.68. The fraction of sp³-hybridized carbons (Fsp3) is 0.250. The van der Waals surface area contributed by atoms with Crippen molar-refractivity contribution in [3.8, 4) is 0 Å². The van der Waals surface area contributed by atoms with Crippen molar-refractivity contribution < 1.29 is 4.79 Å². The van der Waals surface area contributed by atoms with E-state index in [9.17, 15) is 4.79 Å². The number of aromatic nitrogens is 2. The highest BCUT2D eigenvalue weighted by molar-refractivity contribution is 7.99. The molecule has 3 aromatic rings. The summed E-state index contributed by atoms with van der Waals surface area (Å²) >= 11 is 3.10. The van der Waals surface area contributed by atoms with Crippen LogP contribution in [0.5, 0.6) is 0 Å². The van der Waals surface area contributed by atoms with Gasteiger partial charge in [0.15, 0.2) is 5.16 Å². The molecule has 0 aliphatic heterocycles. The molecule has 6 heteroatoms. The molecule has 0 spiro atoms. The third kappa shape index (κ3) is 3.51. The lowest BCUT2D eigenvalue weighted by Gasteiger charge is -2.03. The Morgan fingerprint density at radius 1 is 1.36 bits per heavy atom. The molecular weight excluding hydrogens is 314 g/mol. The maximum absolute atomic E-state index is 11.9. The molecule has 3 rings (SSSR count). The van der Waals surface area contributed by atoms with E-state index in [4.69, 9.17) is 0 Å². The summed E-state index contributed by atoms with van der Waals surface area (Å²) in [4.78, 5) is 20.9. The van der Waals surface area contributed by atoms with E-state index in [1.54, 1.807) is 11.3 Å². The number of thiophene rings is 1. The molecule has 2 heterocycles. The first-order chi connectivity index (χ1) is 10.6. The third-order valence-electron chi connectivity index (χ3n) is 3.37. The van der Waals surface area contributed by atoms with Crippen molar-refractivity contribution in [2.24, 2.45) is 0 Å². The van der Waals surface area contributed by atoms with Gasteiger partial charge in [-0.2, -0.15) is 0 Å². The van der Waals surface area contributed by atoms with Crippen molar-refractivity contribution in [1.29, 1.82) is 0 Å². The van der Waals surface area contributed by atoms with E-state index in [1.165, 1.54) is 27.8 Å². The zero-order chi connectivity index (χ0) is 15.5. The van der Waals surface area contributed by atoms with Gasteiger partial charge in [-0.05, 0) is 48.6 Å². The summed E-state index contributed by atoms with van der Waals surface area (Å²) in [5.74, 6) is 0.387. The third-order valence-corrected chi connectivity index (χ3v) is 5.27. The summed E-state index contributed by atoms with van der Waals surface area (Å²) in [6.07, 6.45) is 0. The molecule has 22 heavy (non-hydrogen) atoms. The lowest BCUT2D eigenvalue weighted by molar-refractivity contribution is -0.118. The number of hydrogen-bond donors (Lipinski definition) is 2. The van der Waals surface area contributed by atoms with Gasteiger partial charge in [0.25, 0.3) is 0 Å². The van der Waals surface area contributed by atoms with Crippen LogP contribution in [0, 0.1) is 13.8 Å². The predicted molar refractivity (Wildman–Crippen MR) is 92.5 cm³/mol. The number of carbonyl (C=O) groups excluding carboxylic acids is 1. The number of thioether (sulfide) groups is 1. The van der Waals surface area contributed by atoms with Crippen LogP contribution >= 0.6 is 23.1 Å². The molecule has 2 N–H and O–H groups in total. The van der Waals surface area contributed by atoms with Gasteiger partial charge in [-0.3, -0.25) is 4.79 Å². The van der Waals surface area contributed by atoms with Gasteiger partial charge < -0.3 is 10.3 Å². The molecule has 0 atom stereocenters. The lowest BCUT2D eigenvalue weighted by Crippen LogP contribution is -2.24. The Labute approximate surface area is 137 Å². The molecule has 0 radical (unpaired) electrons. The molecule has 0 saturated carbocycles. The Hall–Kier alpha value is -1.79. The number of amides is 1. The van der Waals surface area contributed by atoms with Crippen LogP contribution in [-0.2, 0) is 11.3 Å². The topological polar surface area (TPSA) is 57.8 Å². The van der Waals surface area contributed by atoms with Crippen LogP contribution in [0.25, 0.3) is 11.0 Å². The van der Waals surface area contributed by atoms with Crippen LogP contribution in [0.2, 0.25) is 0 Å². The zero-order valence-electron chi connectivity index (χ0n) is 12.5. The number of carbonyl (C=O) groups is 1. The number of H-pyrrole nitrogens is 1. The van der Waals surface area contributed by atoms with Crippen molar-refractivity contribution in [2.75, 3.05) is 5.75 Å². The monoisotopic (exact) mass is 331 g/mol. The summed E-state index contributed by atoms with van der Waals surface area (Å²) in [6.45, 7) is 4.71. The SMILES string of the molecule is Cc1ccc2nc(SCC(=O)NCc3sccc3C)[nH]c2c1. The standard InChI is InChI=1S/C16H17N3OS2/c1-10-3-4-12-13(7-10)19-16(18-12)22-9-15(20)17-8-14-11(2)5-6-21-14/h3-7H,8-9H2,1-2H3,(H,17,20)(H,18,19). The normalized spacial score (nSPS) is 11.0. The minimum absolute atomic E-state index is 0.0226. The van der Waals surface area contributed by atoms with E-state index >= 15 is 0 Å². The maximum atomic E-state index is 11.9. The van der Waals surface area contributed by atoms with Gasteiger partial charge in [0, 0.05) is 4.88 Å². The Morgan fingerprint density at radius 3 is 3.00 bits per heavy atom. The Morgan fingerprint density at radius 2 is 2.23 bits per heavy atom. The molecule has 0 aliphatic carbocycles. The molecule has 114 valence electrons. The van der Waals surface area contributed by atoms with Crippen molar-refractivity contribution in [1.82, 2.24) is 15.3 Å². The average Bonchev–Trinajstić information content (AvgIpc) is 3.08. The Balaban J connectivity index is 1.54. The first-order valence-electron chi connectivity index (χ1n) is 7.00. The summed E-state index contributed by atoms with van der Waals surface area (Å²) in [7, 11) is 0. The van der Waals surface area contributed by atoms with Crippen LogP contribution < -0.4 is 5.32 Å². The first-order valence-corrected chi connectivity index (χ1v) is 8.87. The minimum atomic E-state index is 0.0226. The highest BCUT2D eigenvalue weighted by atomic mass is 32.2. The van der Waals surface area contributed by atoms with Gasteiger partial charge >= 0.3 is 0 Å². The van der Waals surface area contributed by atoms with Crippen molar-refractivity contribution in [2.45, 2.75) is 25.5 Å². The van der Waals surface area contributed by atoms with Crippen LogP contribution in [-0.4, -0.2) is 21.6 Å². The lowest BCUT2D eigenvalue weighted by atomic mass is 10.2. The molecule has 0 saturated heterocycles. The number of fused-ring (bicyclic) bond motifs is 1. The van der Waals surface area contributed by atoms with Gasteiger partial charge in [0.1, 0.15) is 0 Å². The second-order valence-electron chi connectivity index (χ2n) is 5.15. The van der Waals surface area contributed by atoms with Crippen molar-refractivity contribution in [3.63, 3.8) is 0 Å². The van der Waals surface area contributed by atoms with Crippen LogP contribution in [0.3, 0.4) is 0 Å². The molecule has 0 fully saturated rings. The van der Waals surface area contributed by atoms with E-state index in [0.717, 1.165) is 16.2 Å². The number of aryl methyl sites for hydroxylation is 2. The summed E-state index contributed by atoms with van der Waals surface area (Å²) in [5, 5.41) is 5.77. The molecule has 0 unspecified atom stereocenters. The van der Waals surface area contributed by atoms with Crippen LogP contribution in [0.4, 0.5) is 0 Å². The molecule has 4 nitrogen and oxygen atoms in total. The van der Waals surface area contributed by atoms with Gasteiger partial charge in [-0.25, -0.2) is 4.98 Å². The molecule has 1 amide bonds. The highest BCUT2D eigenvalue weighted by Crippen LogP contribution is 2.20. The van der Waals surface area contributed by atoms with E-state index < -0.39 is 0 Å². The maximum Gasteiger partial charge on any atom is 0.230 e. The number of benzene rings is 1. The van der Waals surface area contributed by atoms with Crippen LogP contribution in [0.15, 0.2) is 34.8 Å². The fourth-order valence-electron chi connectivity index (χ4n) is 2.12. The Bertz CT molecular complexity index is 807. The number of imidazole rings is 1. The second-order valence-corrected chi connectivity index (χ2v) is 7.12. The van der Waals surface area contributed by atoms with E-state index in [0.29, 0.717) is 12.3 Å². The first kappa shape index (κ1) is 15.1. The van der Waals surface area contributed by atoms with Gasteiger partial charge in [-0.1, -0.05) is 17.8 Å². The van der Waals surface area contributed by atoms with Gasteiger partial charge in [0.2, 0.25) is 5.91 Å². The summed E-state index contributed by atoms with van der Waals surface area (Å²) < 4.78 is 0. The van der Waals surface area contributed by atoms with Gasteiger partial charge in [0.05, 0.1) is 23.3 Å². The van der Waals surface area contributed by atoms with E-state index in [2.05, 4.69) is 34.3 Å². The number of rotatable bonds is 5. The molecule has 1 aromatic carbocycles. The quantitative estimate of drug-likeness (QED) is 0.702. The van der Waals surface area contributed by atoms with Gasteiger partial charge in [-0.15, -0.1) is 11.3 Å². The van der Waals surface area contributed by atoms with Crippen LogP contribution in [0.1, 0.15) is 16.0 Å². The minimum Gasteiger partial charge on any atom is -0.350 e. The largest absolute Gasteiger partial charge is 0.350 e. The van der Waals surface area contributed by atoms with Crippen molar-refractivity contribution in [3.05, 3.63) is 45.6 Å². The average molecular weight is 331 g/mol. The second kappa shape index (κ2) is 6.54. The van der Waals surface area contributed by atoms with Crippen molar-refractivity contribution >= 4 is 40.0 Å². The summed E-state index contributed by atoms with van der Waals surface area (Å²) in [6, 6.07) is 8.15. The molecule has 0 bridgehead atoms. The molecular formula is C16H17N3OS2.